The van der Waals surface area contributed by atoms with E-state index in [0.29, 0.717) is 4.47 Å². The van der Waals surface area contributed by atoms with Crippen molar-refractivity contribution < 1.29 is 21.5 Å². The summed E-state index contributed by atoms with van der Waals surface area (Å²) in [6.45, 7) is -0.308. The number of hydrogen-bond donors (Lipinski definition) is 0. The SMILES string of the molecule is O=C1CC(S(=O)(=O)F)CN1Cc1ccc(Br)cc1F. The Hall–Kier alpha value is -1.02. The molecule has 1 aliphatic heterocycles. The average Bonchev–Trinajstić information content (AvgIpc) is 2.64. The molecule has 1 aromatic rings. The Kier molecular flexibility index (Phi) is 3.91. The Morgan fingerprint density at radius 3 is 2.63 bits per heavy atom. The fraction of sp³-hybridized carbons (Fsp3) is 0.364. The van der Waals surface area contributed by atoms with Crippen molar-refractivity contribution >= 4 is 32.1 Å². The number of hydrogen-bond acceptors (Lipinski definition) is 3. The standard InChI is InChI=1S/C11H10BrF2NO3S/c12-8-2-1-7(10(13)3-8)5-15-6-9(4-11(15)16)19(14,17)18/h1-3,9H,4-6H2. The van der Waals surface area contributed by atoms with Crippen molar-refractivity contribution in [1.82, 2.24) is 4.90 Å². The van der Waals surface area contributed by atoms with Crippen molar-refractivity contribution in [2.24, 2.45) is 0 Å². The van der Waals surface area contributed by atoms with E-state index in [2.05, 4.69) is 15.9 Å². The Morgan fingerprint density at radius 2 is 2.11 bits per heavy atom. The molecule has 1 amide bonds. The fourth-order valence-corrected chi connectivity index (χ4v) is 2.97. The van der Waals surface area contributed by atoms with Gasteiger partial charge in [-0.3, -0.25) is 4.79 Å². The minimum absolute atomic E-state index is 0.0655. The second-order valence-electron chi connectivity index (χ2n) is 4.31. The summed E-state index contributed by atoms with van der Waals surface area (Å²) < 4.78 is 48.5. The first-order valence-corrected chi connectivity index (χ1v) is 7.66. The lowest BCUT2D eigenvalue weighted by molar-refractivity contribution is -0.128. The van der Waals surface area contributed by atoms with E-state index in [4.69, 9.17) is 0 Å². The largest absolute Gasteiger partial charge is 0.337 e. The van der Waals surface area contributed by atoms with Crippen molar-refractivity contribution in [3.63, 3.8) is 0 Å². The Balaban J connectivity index is 2.14. The van der Waals surface area contributed by atoms with Crippen LogP contribution in [0.1, 0.15) is 12.0 Å². The van der Waals surface area contributed by atoms with E-state index in [0.717, 1.165) is 4.90 Å². The van der Waals surface area contributed by atoms with Crippen molar-refractivity contribution in [3.05, 3.63) is 34.1 Å². The molecule has 0 aromatic heterocycles. The van der Waals surface area contributed by atoms with Crippen molar-refractivity contribution in [1.29, 1.82) is 0 Å². The zero-order valence-electron chi connectivity index (χ0n) is 9.64. The highest BCUT2D eigenvalue weighted by molar-refractivity contribution is 9.10. The third-order valence-electron chi connectivity index (χ3n) is 2.95. The maximum Gasteiger partial charge on any atom is 0.307 e. The molecule has 1 heterocycles. The van der Waals surface area contributed by atoms with Gasteiger partial charge in [0.25, 0.3) is 0 Å². The van der Waals surface area contributed by atoms with E-state index in [1.165, 1.54) is 12.1 Å². The Labute approximate surface area is 117 Å². The predicted molar refractivity (Wildman–Crippen MR) is 67.9 cm³/mol. The topological polar surface area (TPSA) is 54.5 Å². The number of likely N-dealkylation sites (tertiary alicyclic amines) is 1. The van der Waals surface area contributed by atoms with Gasteiger partial charge in [-0.1, -0.05) is 22.0 Å². The van der Waals surface area contributed by atoms with Crippen LogP contribution in [-0.4, -0.2) is 31.0 Å². The highest BCUT2D eigenvalue weighted by Gasteiger charge is 2.38. The van der Waals surface area contributed by atoms with E-state index in [1.807, 2.05) is 0 Å². The number of nitrogens with zero attached hydrogens (tertiary/aromatic N) is 1. The number of carbonyl (C=O) groups is 1. The van der Waals surface area contributed by atoms with Gasteiger partial charge in [0.1, 0.15) is 11.1 Å². The summed E-state index contributed by atoms with van der Waals surface area (Å²) in [6.07, 6.45) is -0.392. The lowest BCUT2D eigenvalue weighted by Crippen LogP contribution is -2.27. The van der Waals surface area contributed by atoms with Crippen LogP contribution in [0.3, 0.4) is 0 Å². The zero-order chi connectivity index (χ0) is 14.2. The first-order chi connectivity index (χ1) is 8.77. The maximum absolute atomic E-state index is 13.6. The molecular formula is C11H10BrF2NO3S. The summed E-state index contributed by atoms with van der Waals surface area (Å²) in [7, 11) is -4.74. The van der Waals surface area contributed by atoms with Gasteiger partial charge >= 0.3 is 10.2 Å². The van der Waals surface area contributed by atoms with Gasteiger partial charge in [0.15, 0.2) is 0 Å². The highest BCUT2D eigenvalue weighted by Crippen LogP contribution is 2.23. The minimum atomic E-state index is -4.74. The molecule has 8 heteroatoms. The molecule has 2 rings (SSSR count). The van der Waals surface area contributed by atoms with Crippen molar-refractivity contribution in [2.45, 2.75) is 18.2 Å². The van der Waals surface area contributed by atoms with E-state index in [9.17, 15) is 21.5 Å². The summed E-state index contributed by atoms with van der Waals surface area (Å²) in [5.41, 5.74) is 0.258. The molecule has 1 aliphatic rings. The van der Waals surface area contributed by atoms with E-state index >= 15 is 0 Å². The lowest BCUT2D eigenvalue weighted by Gasteiger charge is -2.16. The van der Waals surface area contributed by atoms with Gasteiger partial charge in [0.2, 0.25) is 5.91 Å². The summed E-state index contributed by atoms with van der Waals surface area (Å²) in [5.74, 6) is -0.998. The normalized spacial score (nSPS) is 20.1. The highest BCUT2D eigenvalue weighted by atomic mass is 79.9. The quantitative estimate of drug-likeness (QED) is 0.781. The molecule has 1 atom stereocenters. The van der Waals surface area contributed by atoms with Gasteiger partial charge in [0.05, 0.1) is 0 Å². The van der Waals surface area contributed by atoms with Crippen molar-refractivity contribution in [2.75, 3.05) is 6.54 Å². The van der Waals surface area contributed by atoms with Gasteiger partial charge in [-0.2, -0.15) is 8.42 Å². The molecule has 0 spiro atoms. The molecule has 1 unspecified atom stereocenters. The minimum Gasteiger partial charge on any atom is -0.337 e. The van der Waals surface area contributed by atoms with Crippen LogP contribution in [0.4, 0.5) is 8.28 Å². The second kappa shape index (κ2) is 5.16. The molecule has 4 nitrogen and oxygen atoms in total. The molecule has 0 N–H and O–H groups in total. The molecule has 19 heavy (non-hydrogen) atoms. The van der Waals surface area contributed by atoms with Crippen LogP contribution in [0.15, 0.2) is 22.7 Å². The van der Waals surface area contributed by atoms with Crippen molar-refractivity contribution in [3.8, 4) is 0 Å². The van der Waals surface area contributed by atoms with Gasteiger partial charge in [-0.25, -0.2) is 4.39 Å². The van der Waals surface area contributed by atoms with Gasteiger partial charge < -0.3 is 4.90 Å². The Morgan fingerprint density at radius 1 is 1.42 bits per heavy atom. The van der Waals surface area contributed by atoms with Gasteiger partial charge in [-0.05, 0) is 12.1 Å². The predicted octanol–water partition coefficient (Wildman–Crippen LogP) is 1.99. The number of carbonyl (C=O) groups excluding carboxylic acids is 1. The number of halogens is 3. The first kappa shape index (κ1) is 14.4. The van der Waals surface area contributed by atoms with Crippen LogP contribution in [0.2, 0.25) is 0 Å². The lowest BCUT2D eigenvalue weighted by atomic mass is 10.2. The third-order valence-corrected chi connectivity index (χ3v) is 4.56. The monoisotopic (exact) mass is 353 g/mol. The van der Waals surface area contributed by atoms with E-state index < -0.39 is 33.6 Å². The van der Waals surface area contributed by atoms with Crippen LogP contribution in [0.5, 0.6) is 0 Å². The second-order valence-corrected chi connectivity index (χ2v) is 6.85. The van der Waals surface area contributed by atoms with Crippen LogP contribution in [0, 0.1) is 5.82 Å². The maximum atomic E-state index is 13.6. The molecule has 1 fully saturated rings. The van der Waals surface area contributed by atoms with E-state index in [-0.39, 0.29) is 18.7 Å². The molecule has 1 saturated heterocycles. The van der Waals surface area contributed by atoms with E-state index in [1.54, 1.807) is 6.07 Å². The average molecular weight is 354 g/mol. The molecule has 104 valence electrons. The molecule has 1 aromatic carbocycles. The summed E-state index contributed by atoms with van der Waals surface area (Å²) >= 11 is 3.11. The number of rotatable bonds is 3. The smallest absolute Gasteiger partial charge is 0.307 e. The van der Waals surface area contributed by atoms with Gasteiger partial charge in [-0.15, -0.1) is 3.89 Å². The molecule has 0 bridgehead atoms. The molecule has 0 aliphatic carbocycles. The number of amides is 1. The Bertz CT molecular complexity index is 620. The number of benzene rings is 1. The van der Waals surface area contributed by atoms with Crippen LogP contribution in [-0.2, 0) is 21.6 Å². The summed E-state index contributed by atoms with van der Waals surface area (Å²) in [5, 5.41) is -1.35. The van der Waals surface area contributed by atoms with Crippen LogP contribution < -0.4 is 0 Å². The van der Waals surface area contributed by atoms with Crippen LogP contribution in [0.25, 0.3) is 0 Å². The van der Waals surface area contributed by atoms with Gasteiger partial charge in [0, 0.05) is 29.5 Å². The first-order valence-electron chi connectivity index (χ1n) is 5.42. The van der Waals surface area contributed by atoms with Crippen LogP contribution >= 0.6 is 15.9 Å². The molecular weight excluding hydrogens is 344 g/mol. The summed E-state index contributed by atoms with van der Waals surface area (Å²) in [4.78, 5) is 12.7. The molecule has 0 saturated carbocycles. The zero-order valence-corrected chi connectivity index (χ0v) is 12.0. The fourth-order valence-electron chi connectivity index (χ4n) is 1.93. The molecule has 0 radical (unpaired) electrons. The summed E-state index contributed by atoms with van der Waals surface area (Å²) in [6, 6.07) is 4.35. The third kappa shape index (κ3) is 3.30.